The highest BCUT2D eigenvalue weighted by atomic mass is 32.1. The van der Waals surface area contributed by atoms with Gasteiger partial charge in [-0.2, -0.15) is 0 Å². The van der Waals surface area contributed by atoms with Crippen LogP contribution in [-0.2, 0) is 0 Å². The first-order valence-corrected chi connectivity index (χ1v) is 6.80. The fraction of sp³-hybridized carbons (Fsp3) is 0.417. The molecule has 0 aromatic carbocycles. The lowest BCUT2D eigenvalue weighted by atomic mass is 9.89. The Balaban J connectivity index is 2.02. The van der Waals surface area contributed by atoms with Gasteiger partial charge in [0.25, 0.3) is 0 Å². The third-order valence-corrected chi connectivity index (χ3v) is 4.56. The number of aromatic nitrogens is 2. The number of hydrogen-bond acceptors (Lipinski definition) is 6. The zero-order valence-electron chi connectivity index (χ0n) is 10.3. The maximum atomic E-state index is 11.1. The summed E-state index contributed by atoms with van der Waals surface area (Å²) in [7, 11) is 0. The molecule has 7 heteroatoms. The van der Waals surface area contributed by atoms with Crippen LogP contribution in [0.15, 0.2) is 6.33 Å². The Morgan fingerprint density at radius 2 is 2.21 bits per heavy atom. The molecule has 0 spiro atoms. The smallest absolute Gasteiger partial charge is 0.346 e. The van der Waals surface area contributed by atoms with E-state index < -0.39 is 5.97 Å². The highest BCUT2D eigenvalue weighted by Gasteiger charge is 2.28. The van der Waals surface area contributed by atoms with Crippen molar-refractivity contribution in [2.45, 2.75) is 31.9 Å². The molecule has 2 aromatic heterocycles. The number of carbonyl (C=O) groups is 1. The normalized spacial score (nSPS) is 22.2. The number of hydrogen-bond donors (Lipinski definition) is 3. The summed E-state index contributed by atoms with van der Waals surface area (Å²) in [4.78, 5) is 20.4. The first kappa shape index (κ1) is 12.3. The van der Waals surface area contributed by atoms with Crippen LogP contribution in [-0.4, -0.2) is 38.3 Å². The van der Waals surface area contributed by atoms with Gasteiger partial charge in [-0.05, 0) is 25.3 Å². The summed E-state index contributed by atoms with van der Waals surface area (Å²) in [5, 5.41) is 22.5. The number of nitrogens with zero attached hydrogens (tertiary/aromatic N) is 2. The van der Waals surface area contributed by atoms with Gasteiger partial charge in [-0.25, -0.2) is 14.8 Å². The van der Waals surface area contributed by atoms with E-state index in [-0.39, 0.29) is 12.1 Å². The predicted octanol–water partition coefficient (Wildman–Crippen LogP) is 1.63. The molecule has 19 heavy (non-hydrogen) atoms. The summed E-state index contributed by atoms with van der Waals surface area (Å²) < 4.78 is 0. The Hall–Kier alpha value is -1.73. The van der Waals surface area contributed by atoms with Crippen LogP contribution in [0.25, 0.3) is 10.2 Å². The van der Waals surface area contributed by atoms with Gasteiger partial charge >= 0.3 is 5.97 Å². The monoisotopic (exact) mass is 279 g/mol. The number of aliphatic hydroxyl groups excluding tert-OH is 1. The molecule has 0 saturated heterocycles. The van der Waals surface area contributed by atoms with Crippen molar-refractivity contribution in [2.24, 2.45) is 0 Å². The number of fused-ring (bicyclic) bond motifs is 1. The van der Waals surface area contributed by atoms with Gasteiger partial charge in [0.15, 0.2) is 0 Å². The highest BCUT2D eigenvalue weighted by Crippen LogP contribution is 2.34. The van der Waals surface area contributed by atoms with Crippen LogP contribution in [0.1, 0.15) is 28.1 Å². The molecule has 2 heterocycles. The Morgan fingerprint density at radius 3 is 2.84 bits per heavy atom. The molecule has 0 bridgehead atoms. The van der Waals surface area contributed by atoms with Crippen molar-refractivity contribution >= 4 is 33.3 Å². The van der Waals surface area contributed by atoms with E-state index in [1.165, 1.54) is 6.33 Å². The van der Waals surface area contributed by atoms with E-state index in [4.69, 9.17) is 5.11 Å². The summed E-state index contributed by atoms with van der Waals surface area (Å²) in [6.45, 7) is 1.77. The maximum absolute atomic E-state index is 11.1. The van der Waals surface area contributed by atoms with Gasteiger partial charge < -0.3 is 15.5 Å². The molecular formula is C12H13N3O3S. The van der Waals surface area contributed by atoms with E-state index in [0.29, 0.717) is 33.9 Å². The highest BCUT2D eigenvalue weighted by molar-refractivity contribution is 7.20. The Morgan fingerprint density at radius 1 is 1.47 bits per heavy atom. The number of aryl methyl sites for hydroxylation is 1. The SMILES string of the molecule is Cc1c(C(=O)O)sc2ncnc(NC3CC(O)C3)c12. The molecule has 1 fully saturated rings. The van der Waals surface area contributed by atoms with Crippen LogP contribution in [0.2, 0.25) is 0 Å². The first-order valence-electron chi connectivity index (χ1n) is 5.98. The lowest BCUT2D eigenvalue weighted by Crippen LogP contribution is -2.39. The van der Waals surface area contributed by atoms with Crippen molar-refractivity contribution in [2.75, 3.05) is 5.32 Å². The number of carboxylic acids is 1. The number of thiophene rings is 1. The third-order valence-electron chi connectivity index (χ3n) is 3.38. The molecule has 0 amide bonds. The van der Waals surface area contributed by atoms with Crippen molar-refractivity contribution in [3.05, 3.63) is 16.8 Å². The summed E-state index contributed by atoms with van der Waals surface area (Å²) in [6, 6.07) is 0.195. The lowest BCUT2D eigenvalue weighted by Gasteiger charge is -2.32. The molecule has 1 aliphatic rings. The minimum Gasteiger partial charge on any atom is -0.477 e. The second kappa shape index (κ2) is 4.43. The Kier molecular flexibility index (Phi) is 2.87. The van der Waals surface area contributed by atoms with Crippen molar-refractivity contribution in [1.29, 1.82) is 0 Å². The standard InChI is InChI=1S/C12H13N3O3S/c1-5-8-10(15-6-2-7(16)3-6)13-4-14-11(8)19-9(5)12(17)18/h4,6-7,16H,2-3H2,1H3,(H,17,18)(H,13,14,15). The summed E-state index contributed by atoms with van der Waals surface area (Å²) >= 11 is 1.16. The van der Waals surface area contributed by atoms with E-state index in [0.717, 1.165) is 16.7 Å². The minimum absolute atomic E-state index is 0.195. The molecule has 0 atom stereocenters. The third kappa shape index (κ3) is 2.04. The lowest BCUT2D eigenvalue weighted by molar-refractivity contribution is 0.0701. The quantitative estimate of drug-likeness (QED) is 0.790. The largest absolute Gasteiger partial charge is 0.477 e. The van der Waals surface area contributed by atoms with Crippen molar-refractivity contribution in [1.82, 2.24) is 9.97 Å². The van der Waals surface area contributed by atoms with Gasteiger partial charge in [-0.1, -0.05) is 0 Å². The van der Waals surface area contributed by atoms with Crippen LogP contribution in [0.4, 0.5) is 5.82 Å². The average molecular weight is 279 g/mol. The van der Waals surface area contributed by atoms with Crippen molar-refractivity contribution in [3.63, 3.8) is 0 Å². The summed E-state index contributed by atoms with van der Waals surface area (Å²) in [6.07, 6.45) is 2.58. The van der Waals surface area contributed by atoms with E-state index >= 15 is 0 Å². The molecule has 6 nitrogen and oxygen atoms in total. The van der Waals surface area contributed by atoms with Crippen LogP contribution in [0.3, 0.4) is 0 Å². The van der Waals surface area contributed by atoms with Crippen molar-refractivity contribution in [3.8, 4) is 0 Å². The number of carboxylic acid groups (broad SMARTS) is 1. The number of nitrogens with one attached hydrogen (secondary N) is 1. The van der Waals surface area contributed by atoms with E-state index in [2.05, 4.69) is 15.3 Å². The number of rotatable bonds is 3. The van der Waals surface area contributed by atoms with Gasteiger partial charge in [0.2, 0.25) is 0 Å². The van der Waals surface area contributed by atoms with E-state index in [1.54, 1.807) is 6.92 Å². The molecule has 0 aliphatic heterocycles. The van der Waals surface area contributed by atoms with Crippen LogP contribution in [0, 0.1) is 6.92 Å². The van der Waals surface area contributed by atoms with E-state index in [9.17, 15) is 9.90 Å². The molecule has 1 saturated carbocycles. The zero-order valence-corrected chi connectivity index (χ0v) is 11.1. The molecule has 0 unspecified atom stereocenters. The number of anilines is 1. The van der Waals surface area contributed by atoms with Crippen LogP contribution < -0.4 is 5.32 Å². The summed E-state index contributed by atoms with van der Waals surface area (Å²) in [5.74, 6) is -0.284. The van der Waals surface area contributed by atoms with Gasteiger partial charge in [-0.3, -0.25) is 0 Å². The Labute approximate surface area is 113 Å². The van der Waals surface area contributed by atoms with E-state index in [1.807, 2.05) is 0 Å². The molecule has 3 N–H and O–H groups in total. The van der Waals surface area contributed by atoms with Gasteiger partial charge in [0.05, 0.1) is 11.5 Å². The second-order valence-corrected chi connectivity index (χ2v) is 5.73. The average Bonchev–Trinajstić information content (AvgIpc) is 2.66. The van der Waals surface area contributed by atoms with Gasteiger partial charge in [-0.15, -0.1) is 11.3 Å². The zero-order chi connectivity index (χ0) is 13.6. The molecule has 100 valence electrons. The molecule has 1 aliphatic carbocycles. The predicted molar refractivity (Wildman–Crippen MR) is 71.8 cm³/mol. The first-order chi connectivity index (χ1) is 9.06. The maximum Gasteiger partial charge on any atom is 0.346 e. The second-order valence-electron chi connectivity index (χ2n) is 4.73. The van der Waals surface area contributed by atoms with Gasteiger partial charge in [0.1, 0.15) is 21.9 Å². The fourth-order valence-electron chi connectivity index (χ4n) is 2.28. The molecule has 0 radical (unpaired) electrons. The summed E-state index contributed by atoms with van der Waals surface area (Å²) in [5.41, 5.74) is 0.690. The van der Waals surface area contributed by atoms with Crippen molar-refractivity contribution < 1.29 is 15.0 Å². The molecular weight excluding hydrogens is 266 g/mol. The number of aromatic carboxylic acids is 1. The molecule has 3 rings (SSSR count). The minimum atomic E-state index is -0.939. The fourth-order valence-corrected chi connectivity index (χ4v) is 3.27. The van der Waals surface area contributed by atoms with Crippen LogP contribution in [0.5, 0.6) is 0 Å². The van der Waals surface area contributed by atoms with Crippen LogP contribution >= 0.6 is 11.3 Å². The number of aliphatic hydroxyl groups is 1. The molecule has 2 aromatic rings. The topological polar surface area (TPSA) is 95.3 Å². The Bertz CT molecular complexity index is 649. The van der Waals surface area contributed by atoms with Gasteiger partial charge in [0, 0.05) is 6.04 Å².